The second-order valence-corrected chi connectivity index (χ2v) is 7.39. The predicted molar refractivity (Wildman–Crippen MR) is 108 cm³/mol. The van der Waals surface area contributed by atoms with Gasteiger partial charge in [0.1, 0.15) is 0 Å². The van der Waals surface area contributed by atoms with E-state index < -0.39 is 5.97 Å². The third kappa shape index (κ3) is 3.45. The van der Waals surface area contributed by atoms with E-state index >= 15 is 0 Å². The predicted octanol–water partition coefficient (Wildman–Crippen LogP) is 5.07. The summed E-state index contributed by atoms with van der Waals surface area (Å²) >= 11 is 0. The van der Waals surface area contributed by atoms with Crippen LogP contribution < -0.4 is 0 Å². The highest BCUT2D eigenvalue weighted by molar-refractivity contribution is 6.03. The number of likely N-dealkylation sites (tertiary alicyclic amines) is 1. The van der Waals surface area contributed by atoms with E-state index in [0.717, 1.165) is 29.7 Å². The first-order chi connectivity index (χ1) is 13.0. The van der Waals surface area contributed by atoms with Gasteiger partial charge in [0.05, 0.1) is 11.1 Å². The Morgan fingerprint density at radius 1 is 1.07 bits per heavy atom. The Morgan fingerprint density at radius 3 is 2.56 bits per heavy atom. The molecule has 0 bridgehead atoms. The highest BCUT2D eigenvalue weighted by Gasteiger charge is 2.19. The number of pyridine rings is 1. The minimum absolute atomic E-state index is 0.306. The van der Waals surface area contributed by atoms with Crippen LogP contribution in [0, 0.1) is 6.92 Å². The van der Waals surface area contributed by atoms with Gasteiger partial charge in [-0.25, -0.2) is 4.79 Å². The van der Waals surface area contributed by atoms with E-state index in [4.69, 9.17) is 0 Å². The number of hydrogen-bond donors (Lipinski definition) is 1. The molecule has 2 heterocycles. The number of carboxylic acid groups (broad SMARTS) is 1. The summed E-state index contributed by atoms with van der Waals surface area (Å²) in [5.41, 5.74) is 5.17. The van der Waals surface area contributed by atoms with E-state index in [-0.39, 0.29) is 0 Å². The molecule has 1 aliphatic heterocycles. The summed E-state index contributed by atoms with van der Waals surface area (Å²) in [5.74, 6) is -0.918. The molecule has 1 atom stereocenters. The standard InChI is InChI=1S/C23H24N2O2/c1-15-12-21(23(26)27)20-14-19(8-9-22(20)24-15)18-7-5-6-17(13-18)16(2)25-10-3-4-11-25/h5-9,12-14,16H,3-4,10-11H2,1-2H3,(H,26,27)/t16-/m0/s1. The second kappa shape index (κ2) is 7.12. The largest absolute Gasteiger partial charge is 0.478 e. The maximum absolute atomic E-state index is 11.7. The zero-order valence-corrected chi connectivity index (χ0v) is 15.8. The number of aryl methyl sites for hydroxylation is 1. The molecule has 1 fully saturated rings. The van der Waals surface area contributed by atoms with E-state index in [1.54, 1.807) is 6.07 Å². The summed E-state index contributed by atoms with van der Waals surface area (Å²) in [6.07, 6.45) is 2.55. The van der Waals surface area contributed by atoms with Crippen LogP contribution in [0.15, 0.2) is 48.5 Å². The fraction of sp³-hybridized carbons (Fsp3) is 0.304. The van der Waals surface area contributed by atoms with E-state index in [1.807, 2.05) is 25.1 Å². The molecule has 0 unspecified atom stereocenters. The molecule has 3 aromatic rings. The summed E-state index contributed by atoms with van der Waals surface area (Å²) in [7, 11) is 0. The van der Waals surface area contributed by atoms with Crippen LogP contribution in [0.1, 0.15) is 47.4 Å². The topological polar surface area (TPSA) is 53.4 Å². The van der Waals surface area contributed by atoms with Crippen molar-refractivity contribution >= 4 is 16.9 Å². The van der Waals surface area contributed by atoms with Crippen LogP contribution in [0.5, 0.6) is 0 Å². The van der Waals surface area contributed by atoms with Crippen LogP contribution in [0.25, 0.3) is 22.0 Å². The maximum Gasteiger partial charge on any atom is 0.336 e. The minimum Gasteiger partial charge on any atom is -0.478 e. The van der Waals surface area contributed by atoms with E-state index in [2.05, 4.69) is 41.1 Å². The van der Waals surface area contributed by atoms with Crippen LogP contribution in [0.3, 0.4) is 0 Å². The van der Waals surface area contributed by atoms with E-state index in [9.17, 15) is 9.90 Å². The van der Waals surface area contributed by atoms with Crippen molar-refractivity contribution < 1.29 is 9.90 Å². The fourth-order valence-corrected chi connectivity index (χ4v) is 4.03. The first-order valence-corrected chi connectivity index (χ1v) is 9.52. The smallest absolute Gasteiger partial charge is 0.336 e. The number of nitrogens with zero attached hydrogens (tertiary/aromatic N) is 2. The van der Waals surface area contributed by atoms with Crippen molar-refractivity contribution in [2.45, 2.75) is 32.7 Å². The zero-order chi connectivity index (χ0) is 19.0. The molecule has 0 radical (unpaired) electrons. The summed E-state index contributed by atoms with van der Waals surface area (Å²) < 4.78 is 0. The fourth-order valence-electron chi connectivity index (χ4n) is 4.03. The van der Waals surface area contributed by atoms with Gasteiger partial charge >= 0.3 is 5.97 Å². The highest BCUT2D eigenvalue weighted by Crippen LogP contribution is 2.30. The molecule has 4 nitrogen and oxygen atoms in total. The third-order valence-corrected chi connectivity index (χ3v) is 5.56. The van der Waals surface area contributed by atoms with Crippen LogP contribution >= 0.6 is 0 Å². The van der Waals surface area contributed by atoms with Gasteiger partial charge in [0, 0.05) is 17.1 Å². The zero-order valence-electron chi connectivity index (χ0n) is 15.8. The number of rotatable bonds is 4. The van der Waals surface area contributed by atoms with Crippen molar-refractivity contribution in [1.29, 1.82) is 0 Å². The second-order valence-electron chi connectivity index (χ2n) is 7.39. The molecule has 1 N–H and O–H groups in total. The molecule has 0 spiro atoms. The Balaban J connectivity index is 1.76. The molecule has 1 aliphatic rings. The number of hydrogen-bond acceptors (Lipinski definition) is 3. The normalized spacial score (nSPS) is 15.9. The summed E-state index contributed by atoms with van der Waals surface area (Å²) in [6.45, 7) is 6.41. The summed E-state index contributed by atoms with van der Waals surface area (Å²) in [4.78, 5) is 18.7. The number of benzene rings is 2. The van der Waals surface area contributed by atoms with Crippen LogP contribution in [0.4, 0.5) is 0 Å². The Labute approximate surface area is 159 Å². The van der Waals surface area contributed by atoms with Crippen LogP contribution in [-0.4, -0.2) is 34.0 Å². The molecular weight excluding hydrogens is 336 g/mol. The Morgan fingerprint density at radius 2 is 1.81 bits per heavy atom. The van der Waals surface area contributed by atoms with Crippen molar-refractivity contribution in [3.05, 3.63) is 65.4 Å². The van der Waals surface area contributed by atoms with Gasteiger partial charge in [-0.05, 0) is 80.7 Å². The lowest BCUT2D eigenvalue weighted by molar-refractivity contribution is 0.0699. The van der Waals surface area contributed by atoms with Crippen molar-refractivity contribution in [3.8, 4) is 11.1 Å². The number of fused-ring (bicyclic) bond motifs is 1. The van der Waals surface area contributed by atoms with Crippen LogP contribution in [0.2, 0.25) is 0 Å². The molecule has 1 saturated heterocycles. The first kappa shape index (κ1) is 17.7. The Hall–Kier alpha value is -2.72. The lowest BCUT2D eigenvalue weighted by Crippen LogP contribution is -2.23. The summed E-state index contributed by atoms with van der Waals surface area (Å²) in [5, 5.41) is 10.3. The molecule has 0 aliphatic carbocycles. The first-order valence-electron chi connectivity index (χ1n) is 9.52. The quantitative estimate of drug-likeness (QED) is 0.706. The monoisotopic (exact) mass is 360 g/mol. The molecule has 0 saturated carbocycles. The summed E-state index contributed by atoms with van der Waals surface area (Å²) in [6, 6.07) is 16.5. The van der Waals surface area contributed by atoms with Crippen molar-refractivity contribution in [2.75, 3.05) is 13.1 Å². The SMILES string of the molecule is Cc1cc(C(=O)O)c2cc(-c3cccc([C@H](C)N4CCCC4)c3)ccc2n1. The molecule has 4 rings (SSSR count). The van der Waals surface area contributed by atoms with Gasteiger partial charge in [-0.3, -0.25) is 9.88 Å². The highest BCUT2D eigenvalue weighted by atomic mass is 16.4. The number of carbonyl (C=O) groups is 1. The molecular formula is C23H24N2O2. The van der Waals surface area contributed by atoms with E-state index in [1.165, 1.54) is 18.4 Å². The lowest BCUT2D eigenvalue weighted by Gasteiger charge is -2.24. The van der Waals surface area contributed by atoms with Gasteiger partial charge < -0.3 is 5.11 Å². The molecule has 2 aromatic carbocycles. The number of carboxylic acids is 1. The molecule has 4 heteroatoms. The van der Waals surface area contributed by atoms with Crippen molar-refractivity contribution in [3.63, 3.8) is 0 Å². The average Bonchev–Trinajstić information content (AvgIpc) is 3.21. The molecule has 138 valence electrons. The minimum atomic E-state index is -0.918. The van der Waals surface area contributed by atoms with Gasteiger partial charge in [-0.2, -0.15) is 0 Å². The van der Waals surface area contributed by atoms with Gasteiger partial charge in [-0.15, -0.1) is 0 Å². The Kier molecular flexibility index (Phi) is 4.66. The van der Waals surface area contributed by atoms with E-state index in [0.29, 0.717) is 22.7 Å². The van der Waals surface area contributed by atoms with Gasteiger partial charge in [0.2, 0.25) is 0 Å². The van der Waals surface area contributed by atoms with Gasteiger partial charge in [0.15, 0.2) is 0 Å². The lowest BCUT2D eigenvalue weighted by atomic mass is 9.97. The average molecular weight is 360 g/mol. The van der Waals surface area contributed by atoms with Crippen molar-refractivity contribution in [1.82, 2.24) is 9.88 Å². The van der Waals surface area contributed by atoms with Gasteiger partial charge in [0.25, 0.3) is 0 Å². The third-order valence-electron chi connectivity index (χ3n) is 5.56. The maximum atomic E-state index is 11.7. The Bertz CT molecular complexity index is 1010. The molecule has 1 aromatic heterocycles. The number of aromatic nitrogens is 1. The molecule has 27 heavy (non-hydrogen) atoms. The number of aromatic carboxylic acids is 1. The molecule has 0 amide bonds. The van der Waals surface area contributed by atoms with Gasteiger partial charge in [-0.1, -0.05) is 24.3 Å². The van der Waals surface area contributed by atoms with Crippen LogP contribution in [-0.2, 0) is 0 Å². The van der Waals surface area contributed by atoms with Crippen molar-refractivity contribution in [2.24, 2.45) is 0 Å².